The number of hydrogen-bond donors (Lipinski definition) is 0. The Morgan fingerprint density at radius 2 is 2.05 bits per heavy atom. The molecule has 0 N–H and O–H groups in total. The lowest BCUT2D eigenvalue weighted by Gasteiger charge is -2.43. The highest BCUT2D eigenvalue weighted by Crippen LogP contribution is 2.39. The minimum atomic E-state index is -2.78. The number of nitrogens with zero attached hydrogens (tertiary/aromatic N) is 1. The summed E-state index contributed by atoms with van der Waals surface area (Å²) in [5, 5.41) is 0. The van der Waals surface area contributed by atoms with Crippen molar-refractivity contribution in [1.29, 1.82) is 0 Å². The Hall–Kier alpha value is -1.42. The maximum absolute atomic E-state index is 12.5. The highest BCUT2D eigenvalue weighted by Gasteiger charge is 2.32. The van der Waals surface area contributed by atoms with Crippen LogP contribution in [-0.4, -0.2) is 30.6 Å². The molecule has 3 rings (SSSR count). The summed E-state index contributed by atoms with van der Waals surface area (Å²) < 4.78 is 29.7. The summed E-state index contributed by atoms with van der Waals surface area (Å²) in [5.74, 6) is 0.288. The molecule has 2 atom stereocenters. The second-order valence-electron chi connectivity index (χ2n) is 5.59. The topological polar surface area (TPSA) is 12.5 Å². The van der Waals surface area contributed by atoms with Gasteiger partial charge in [-0.3, -0.25) is 4.90 Å². The first-order valence-corrected chi connectivity index (χ1v) is 7.12. The molecule has 2 aliphatic rings. The van der Waals surface area contributed by atoms with Gasteiger partial charge in [-0.2, -0.15) is 8.78 Å². The fraction of sp³-hybridized carbons (Fsp3) is 0.500. The molecule has 4 heteroatoms. The van der Waals surface area contributed by atoms with Crippen LogP contribution in [0.4, 0.5) is 8.78 Å². The Labute approximate surface area is 118 Å². The fourth-order valence-electron chi connectivity index (χ4n) is 3.37. The summed E-state index contributed by atoms with van der Waals surface area (Å²) in [6.07, 6.45) is 6.72. The second-order valence-corrected chi connectivity index (χ2v) is 5.59. The van der Waals surface area contributed by atoms with E-state index in [1.807, 2.05) is 12.1 Å². The minimum Gasteiger partial charge on any atom is -0.434 e. The molecule has 0 saturated carbocycles. The standard InChI is InChI=1S/C16H19F2NO/c1-19-12-5-4-6-13(19)10-11(9-12)14-7-2-3-8-15(14)20-16(17)18/h2-3,7-9,12-13,16H,4-6,10H2,1H3. The van der Waals surface area contributed by atoms with E-state index in [1.165, 1.54) is 12.8 Å². The summed E-state index contributed by atoms with van der Waals surface area (Å²) >= 11 is 0. The summed E-state index contributed by atoms with van der Waals surface area (Å²) in [6, 6.07) is 8.06. The van der Waals surface area contributed by atoms with Crippen molar-refractivity contribution in [3.05, 3.63) is 35.9 Å². The Morgan fingerprint density at radius 1 is 1.25 bits per heavy atom. The molecule has 0 radical (unpaired) electrons. The molecule has 1 aromatic rings. The Kier molecular flexibility index (Phi) is 3.74. The molecule has 2 bridgehead atoms. The maximum Gasteiger partial charge on any atom is 0.387 e. The van der Waals surface area contributed by atoms with Crippen LogP contribution in [0.25, 0.3) is 5.57 Å². The average molecular weight is 279 g/mol. The van der Waals surface area contributed by atoms with Gasteiger partial charge in [0.25, 0.3) is 0 Å². The number of rotatable bonds is 3. The van der Waals surface area contributed by atoms with E-state index in [0.29, 0.717) is 12.1 Å². The van der Waals surface area contributed by atoms with Crippen LogP contribution in [0.2, 0.25) is 0 Å². The average Bonchev–Trinajstić information content (AvgIpc) is 2.38. The smallest absolute Gasteiger partial charge is 0.387 e. The lowest BCUT2D eigenvalue weighted by Crippen LogP contribution is -2.45. The Balaban J connectivity index is 1.93. The van der Waals surface area contributed by atoms with E-state index in [4.69, 9.17) is 0 Å². The van der Waals surface area contributed by atoms with Crippen LogP contribution in [0.5, 0.6) is 5.75 Å². The maximum atomic E-state index is 12.5. The van der Waals surface area contributed by atoms with Crippen LogP contribution in [0.1, 0.15) is 31.2 Å². The van der Waals surface area contributed by atoms with E-state index in [2.05, 4.69) is 22.8 Å². The van der Waals surface area contributed by atoms with Crippen molar-refractivity contribution in [2.75, 3.05) is 7.05 Å². The first kappa shape index (κ1) is 13.6. The van der Waals surface area contributed by atoms with E-state index in [-0.39, 0.29) is 5.75 Å². The van der Waals surface area contributed by atoms with Crippen molar-refractivity contribution < 1.29 is 13.5 Å². The number of piperidine rings is 1. The van der Waals surface area contributed by atoms with Crippen LogP contribution < -0.4 is 4.74 Å². The monoisotopic (exact) mass is 279 g/mol. The van der Waals surface area contributed by atoms with Crippen LogP contribution in [0, 0.1) is 0 Å². The van der Waals surface area contributed by atoms with Gasteiger partial charge in [0.05, 0.1) is 0 Å². The largest absolute Gasteiger partial charge is 0.434 e. The zero-order chi connectivity index (χ0) is 14.1. The van der Waals surface area contributed by atoms with Gasteiger partial charge >= 0.3 is 6.61 Å². The SMILES string of the molecule is CN1C2C=C(c3ccccc3OC(F)F)CC1CCC2. The van der Waals surface area contributed by atoms with Gasteiger partial charge in [-0.25, -0.2) is 0 Å². The first-order chi connectivity index (χ1) is 9.65. The van der Waals surface area contributed by atoms with Crippen LogP contribution in [-0.2, 0) is 0 Å². The zero-order valence-electron chi connectivity index (χ0n) is 11.6. The lowest BCUT2D eigenvalue weighted by molar-refractivity contribution is -0.0500. The number of benzene rings is 1. The van der Waals surface area contributed by atoms with Gasteiger partial charge in [0, 0.05) is 17.6 Å². The fourth-order valence-corrected chi connectivity index (χ4v) is 3.37. The number of fused-ring (bicyclic) bond motifs is 2. The summed E-state index contributed by atoms with van der Waals surface area (Å²) in [6.45, 7) is -2.78. The van der Waals surface area contributed by atoms with Crippen molar-refractivity contribution >= 4 is 5.57 Å². The molecule has 108 valence electrons. The quantitative estimate of drug-likeness (QED) is 0.831. The van der Waals surface area contributed by atoms with Gasteiger partial charge in [0.2, 0.25) is 0 Å². The van der Waals surface area contributed by atoms with Gasteiger partial charge in [0.1, 0.15) is 5.75 Å². The molecule has 2 nitrogen and oxygen atoms in total. The number of alkyl halides is 2. The molecule has 1 saturated heterocycles. The Morgan fingerprint density at radius 3 is 2.80 bits per heavy atom. The summed E-state index contributed by atoms with van der Waals surface area (Å²) in [4.78, 5) is 2.41. The van der Waals surface area contributed by atoms with Crippen molar-refractivity contribution in [2.45, 2.75) is 44.4 Å². The van der Waals surface area contributed by atoms with Crippen molar-refractivity contribution in [3.8, 4) is 5.75 Å². The number of ether oxygens (including phenoxy) is 1. The van der Waals surface area contributed by atoms with E-state index in [0.717, 1.165) is 24.0 Å². The van der Waals surface area contributed by atoms with Crippen LogP contribution >= 0.6 is 0 Å². The third-order valence-electron chi connectivity index (χ3n) is 4.43. The van der Waals surface area contributed by atoms with E-state index < -0.39 is 6.61 Å². The number of likely N-dealkylation sites (N-methyl/N-ethyl adjacent to an activating group) is 1. The summed E-state index contributed by atoms with van der Waals surface area (Å²) in [7, 11) is 2.16. The van der Waals surface area contributed by atoms with Gasteiger partial charge in [-0.1, -0.05) is 30.7 Å². The minimum absolute atomic E-state index is 0.288. The first-order valence-electron chi connectivity index (χ1n) is 7.12. The predicted octanol–water partition coefficient (Wildman–Crippen LogP) is 3.93. The third-order valence-corrected chi connectivity index (χ3v) is 4.43. The Bertz CT molecular complexity index is 515. The lowest BCUT2D eigenvalue weighted by atomic mass is 9.83. The molecule has 2 unspecified atom stereocenters. The molecule has 1 fully saturated rings. The number of halogens is 2. The van der Waals surface area contributed by atoms with Crippen molar-refractivity contribution in [1.82, 2.24) is 4.90 Å². The second kappa shape index (κ2) is 5.52. The van der Waals surface area contributed by atoms with Gasteiger partial charge in [-0.15, -0.1) is 0 Å². The molecule has 0 aliphatic carbocycles. The number of hydrogen-bond acceptors (Lipinski definition) is 2. The molecule has 1 aromatic carbocycles. The van der Waals surface area contributed by atoms with E-state index in [1.54, 1.807) is 12.1 Å². The molecule has 2 heterocycles. The normalized spacial score (nSPS) is 26.5. The highest BCUT2D eigenvalue weighted by atomic mass is 19.3. The van der Waals surface area contributed by atoms with Crippen molar-refractivity contribution in [3.63, 3.8) is 0 Å². The van der Waals surface area contributed by atoms with Gasteiger partial charge < -0.3 is 4.74 Å². The van der Waals surface area contributed by atoms with Crippen LogP contribution in [0.3, 0.4) is 0 Å². The van der Waals surface area contributed by atoms with Crippen LogP contribution in [0.15, 0.2) is 30.3 Å². The van der Waals surface area contributed by atoms with E-state index >= 15 is 0 Å². The predicted molar refractivity (Wildman–Crippen MR) is 74.9 cm³/mol. The van der Waals surface area contributed by atoms with Gasteiger partial charge in [-0.05, 0) is 37.9 Å². The highest BCUT2D eigenvalue weighted by molar-refractivity contribution is 5.72. The van der Waals surface area contributed by atoms with E-state index in [9.17, 15) is 8.78 Å². The third kappa shape index (κ3) is 2.57. The molecule has 0 amide bonds. The molecule has 2 aliphatic heterocycles. The van der Waals surface area contributed by atoms with Crippen molar-refractivity contribution in [2.24, 2.45) is 0 Å². The molecule has 0 spiro atoms. The van der Waals surface area contributed by atoms with Gasteiger partial charge in [0.15, 0.2) is 0 Å². The molecule has 20 heavy (non-hydrogen) atoms. The molecule has 0 aromatic heterocycles. The zero-order valence-corrected chi connectivity index (χ0v) is 11.6. The molecular weight excluding hydrogens is 260 g/mol. The number of para-hydroxylation sites is 1. The summed E-state index contributed by atoms with van der Waals surface area (Å²) in [5.41, 5.74) is 1.96. The molecular formula is C16H19F2NO.